The van der Waals surface area contributed by atoms with Gasteiger partial charge in [0.05, 0.1) is 12.0 Å². The molecule has 3 nitrogen and oxygen atoms in total. The molecule has 0 radical (unpaired) electrons. The second kappa shape index (κ2) is 7.31. The van der Waals surface area contributed by atoms with Crippen LogP contribution in [0.15, 0.2) is 29.2 Å². The molecule has 0 spiro atoms. The zero-order chi connectivity index (χ0) is 13.5. The molecule has 0 aromatic heterocycles. The van der Waals surface area contributed by atoms with Gasteiger partial charge < -0.3 is 14.8 Å². The van der Waals surface area contributed by atoms with Crippen molar-refractivity contribution in [3.8, 4) is 0 Å². The Morgan fingerprint density at radius 2 is 2.00 bits per heavy atom. The summed E-state index contributed by atoms with van der Waals surface area (Å²) >= 11 is 1.67. The maximum Gasteiger partial charge on any atom is 0.0659 e. The van der Waals surface area contributed by atoms with Gasteiger partial charge in [-0.3, -0.25) is 0 Å². The molecule has 18 heavy (non-hydrogen) atoms. The molecule has 0 aliphatic heterocycles. The Hall–Kier alpha value is -1.16. The Labute approximate surface area is 113 Å². The quantitative estimate of drug-likeness (QED) is 0.709. The molecule has 0 fully saturated rings. The molecule has 1 unspecified atom stereocenters. The van der Waals surface area contributed by atoms with E-state index in [1.807, 2.05) is 35.4 Å². The number of benzene rings is 1. The molecule has 0 bridgehead atoms. The van der Waals surface area contributed by atoms with Crippen LogP contribution in [0.1, 0.15) is 26.7 Å². The van der Waals surface area contributed by atoms with Gasteiger partial charge >= 0.3 is 0 Å². The zero-order valence-corrected chi connectivity index (χ0v) is 12.0. The van der Waals surface area contributed by atoms with Gasteiger partial charge in [-0.2, -0.15) is 0 Å². The summed E-state index contributed by atoms with van der Waals surface area (Å²) < 4.78 is 0. The summed E-state index contributed by atoms with van der Waals surface area (Å²) in [6, 6.07) is 7.38. The third kappa shape index (κ3) is 3.95. The van der Waals surface area contributed by atoms with Gasteiger partial charge in [-0.15, -0.1) is 11.8 Å². The number of carboxylic acids is 1. The summed E-state index contributed by atoms with van der Waals surface area (Å²) in [5, 5.41) is 11.0. The van der Waals surface area contributed by atoms with Crippen molar-refractivity contribution >= 4 is 23.4 Å². The van der Waals surface area contributed by atoms with Gasteiger partial charge in [0.1, 0.15) is 0 Å². The lowest BCUT2D eigenvalue weighted by molar-refractivity contribution is -0.307. The van der Waals surface area contributed by atoms with Gasteiger partial charge in [0.15, 0.2) is 0 Å². The Morgan fingerprint density at radius 3 is 2.44 bits per heavy atom. The summed E-state index contributed by atoms with van der Waals surface area (Å²) in [5.74, 6) is -1.03. The van der Waals surface area contributed by atoms with Crippen molar-refractivity contribution in [1.82, 2.24) is 0 Å². The highest BCUT2D eigenvalue weighted by atomic mass is 32.2. The normalized spacial score (nSPS) is 12.2. The molecule has 1 aromatic rings. The van der Waals surface area contributed by atoms with E-state index in [0.717, 1.165) is 25.1 Å². The number of rotatable bonds is 7. The highest BCUT2D eigenvalue weighted by molar-refractivity contribution is 7.98. The molecule has 0 amide bonds. The van der Waals surface area contributed by atoms with E-state index in [1.165, 1.54) is 4.90 Å². The number of thioether (sulfide) groups is 1. The molecule has 0 aliphatic carbocycles. The van der Waals surface area contributed by atoms with Crippen molar-refractivity contribution < 1.29 is 9.90 Å². The fourth-order valence-electron chi connectivity index (χ4n) is 1.78. The Kier molecular flexibility index (Phi) is 6.05. The summed E-state index contributed by atoms with van der Waals surface area (Å²) in [6.45, 7) is 4.51. The highest BCUT2D eigenvalue weighted by Crippen LogP contribution is 2.22. The van der Waals surface area contributed by atoms with E-state index in [4.69, 9.17) is 0 Å². The number of nitrogens with zero attached hydrogens (tertiary/aromatic N) is 1. The Morgan fingerprint density at radius 1 is 1.39 bits per heavy atom. The second-order valence-corrected chi connectivity index (χ2v) is 5.12. The minimum atomic E-state index is -1.03. The molecule has 1 atom stereocenters. The van der Waals surface area contributed by atoms with Gasteiger partial charge in [0, 0.05) is 17.1 Å². The van der Waals surface area contributed by atoms with Crippen LogP contribution in [0.2, 0.25) is 0 Å². The van der Waals surface area contributed by atoms with Gasteiger partial charge in [-0.1, -0.05) is 13.3 Å². The molecule has 1 aromatic carbocycles. The third-order valence-corrected chi connectivity index (χ3v) is 3.71. The first-order chi connectivity index (χ1) is 8.60. The third-order valence-electron chi connectivity index (χ3n) is 2.97. The molecule has 4 heteroatoms. The van der Waals surface area contributed by atoms with Crippen LogP contribution in [-0.4, -0.2) is 24.8 Å². The van der Waals surface area contributed by atoms with E-state index < -0.39 is 12.0 Å². The molecule has 0 aliphatic rings. The van der Waals surface area contributed by atoms with E-state index in [-0.39, 0.29) is 0 Å². The van der Waals surface area contributed by atoms with E-state index in [0.29, 0.717) is 0 Å². The van der Waals surface area contributed by atoms with E-state index >= 15 is 0 Å². The standard InChI is InChI=1S/C14H21NO2S/c1-4-5-10-15(11(2)14(16)17)12-6-8-13(18-3)9-7-12/h6-9,11H,4-5,10H2,1-3H3,(H,16,17)/p-1. The summed E-state index contributed by atoms with van der Waals surface area (Å²) in [4.78, 5) is 14.1. The van der Waals surface area contributed by atoms with Gasteiger partial charge in [-0.05, 0) is 43.9 Å². The SMILES string of the molecule is CCCCN(c1ccc(SC)cc1)C(C)C(=O)[O-]. The van der Waals surface area contributed by atoms with Crippen molar-refractivity contribution in [2.75, 3.05) is 17.7 Å². The van der Waals surface area contributed by atoms with Crippen molar-refractivity contribution in [3.05, 3.63) is 24.3 Å². The van der Waals surface area contributed by atoms with Crippen LogP contribution in [0, 0.1) is 0 Å². The average Bonchev–Trinajstić information content (AvgIpc) is 2.39. The Balaban J connectivity index is 2.89. The fraction of sp³-hybridized carbons (Fsp3) is 0.500. The lowest BCUT2D eigenvalue weighted by atomic mass is 10.2. The van der Waals surface area contributed by atoms with Crippen LogP contribution in [0.25, 0.3) is 0 Å². The van der Waals surface area contributed by atoms with Crippen LogP contribution < -0.4 is 10.0 Å². The zero-order valence-electron chi connectivity index (χ0n) is 11.2. The number of hydrogen-bond acceptors (Lipinski definition) is 4. The summed E-state index contributed by atoms with van der Waals surface area (Å²) in [5.41, 5.74) is 0.943. The smallest absolute Gasteiger partial charge is 0.0659 e. The van der Waals surface area contributed by atoms with Gasteiger partial charge in [0.25, 0.3) is 0 Å². The lowest BCUT2D eigenvalue weighted by Crippen LogP contribution is -2.46. The van der Waals surface area contributed by atoms with Crippen molar-refractivity contribution in [2.24, 2.45) is 0 Å². The lowest BCUT2D eigenvalue weighted by Gasteiger charge is -2.32. The van der Waals surface area contributed by atoms with Crippen molar-refractivity contribution in [2.45, 2.75) is 37.6 Å². The number of carbonyl (C=O) groups excluding carboxylic acids is 1. The number of hydrogen-bond donors (Lipinski definition) is 0. The Bertz CT molecular complexity index is 378. The first-order valence-electron chi connectivity index (χ1n) is 6.21. The fourth-order valence-corrected chi connectivity index (χ4v) is 2.18. The first kappa shape index (κ1) is 14.9. The van der Waals surface area contributed by atoms with Crippen LogP contribution in [0.3, 0.4) is 0 Å². The van der Waals surface area contributed by atoms with Crippen molar-refractivity contribution in [1.29, 1.82) is 0 Å². The van der Waals surface area contributed by atoms with Gasteiger partial charge in [-0.25, -0.2) is 0 Å². The van der Waals surface area contributed by atoms with Crippen molar-refractivity contribution in [3.63, 3.8) is 0 Å². The molecule has 1 rings (SSSR count). The number of carboxylic acid groups (broad SMARTS) is 1. The monoisotopic (exact) mass is 266 g/mol. The second-order valence-electron chi connectivity index (χ2n) is 4.24. The molecule has 0 saturated carbocycles. The molecular formula is C14H20NO2S-. The first-order valence-corrected chi connectivity index (χ1v) is 7.44. The predicted molar refractivity (Wildman–Crippen MR) is 74.9 cm³/mol. The molecule has 0 N–H and O–H groups in total. The van der Waals surface area contributed by atoms with E-state index in [1.54, 1.807) is 18.7 Å². The summed E-state index contributed by atoms with van der Waals surface area (Å²) in [7, 11) is 0. The largest absolute Gasteiger partial charge is 0.548 e. The van der Waals surface area contributed by atoms with Crippen LogP contribution >= 0.6 is 11.8 Å². The van der Waals surface area contributed by atoms with E-state index in [9.17, 15) is 9.90 Å². The van der Waals surface area contributed by atoms with Crippen LogP contribution in [-0.2, 0) is 4.79 Å². The maximum absolute atomic E-state index is 11.0. The topological polar surface area (TPSA) is 43.4 Å². The maximum atomic E-state index is 11.0. The molecular weight excluding hydrogens is 246 g/mol. The van der Waals surface area contributed by atoms with Crippen LogP contribution in [0.5, 0.6) is 0 Å². The van der Waals surface area contributed by atoms with Crippen LogP contribution in [0.4, 0.5) is 5.69 Å². The summed E-state index contributed by atoms with van der Waals surface area (Å²) in [6.07, 6.45) is 4.04. The number of aliphatic carboxylic acids is 1. The molecule has 0 saturated heterocycles. The predicted octanol–water partition coefficient (Wildman–Crippen LogP) is 2.15. The minimum absolute atomic E-state index is 0.600. The highest BCUT2D eigenvalue weighted by Gasteiger charge is 2.14. The average molecular weight is 266 g/mol. The van der Waals surface area contributed by atoms with E-state index in [2.05, 4.69) is 6.92 Å². The molecule has 100 valence electrons. The molecule has 0 heterocycles. The number of anilines is 1. The number of unbranched alkanes of at least 4 members (excludes halogenated alkanes) is 1. The number of carbonyl (C=O) groups is 1. The minimum Gasteiger partial charge on any atom is -0.548 e. The van der Waals surface area contributed by atoms with Gasteiger partial charge in [0.2, 0.25) is 0 Å².